The number of sulfonamides is 1. The lowest BCUT2D eigenvalue weighted by molar-refractivity contribution is 0.102. The molecule has 5 nitrogen and oxygen atoms in total. The van der Waals surface area contributed by atoms with Gasteiger partial charge in [-0.15, -0.1) is 0 Å². The maximum absolute atomic E-state index is 13.1. The van der Waals surface area contributed by atoms with E-state index in [0.717, 1.165) is 16.8 Å². The normalized spacial score (nSPS) is 13.7. The van der Waals surface area contributed by atoms with Gasteiger partial charge in [0, 0.05) is 17.8 Å². The molecule has 1 aliphatic heterocycles. The van der Waals surface area contributed by atoms with Crippen molar-refractivity contribution < 1.29 is 13.2 Å². The van der Waals surface area contributed by atoms with Crippen LogP contribution in [-0.2, 0) is 21.9 Å². The van der Waals surface area contributed by atoms with Gasteiger partial charge in [-0.2, -0.15) is 0 Å². The van der Waals surface area contributed by atoms with Crippen LogP contribution in [-0.4, -0.2) is 20.9 Å². The standard InChI is InChI=1S/C25H26N2O3S/c1-25(2,3)20-10-8-19(9-11-20)24(28)26-21-12-14-22(15-13-21)31(29,30)27-17-16-18-6-4-5-7-23(18)27/h4-15H,16-17H2,1-3H3,(H,26,28). The molecule has 0 saturated carbocycles. The Balaban J connectivity index is 1.49. The summed E-state index contributed by atoms with van der Waals surface area (Å²) >= 11 is 0. The zero-order chi connectivity index (χ0) is 22.2. The summed E-state index contributed by atoms with van der Waals surface area (Å²) in [5.74, 6) is -0.232. The summed E-state index contributed by atoms with van der Waals surface area (Å²) in [5, 5.41) is 2.83. The van der Waals surface area contributed by atoms with Gasteiger partial charge in [0.15, 0.2) is 0 Å². The van der Waals surface area contributed by atoms with Crippen molar-refractivity contribution >= 4 is 27.3 Å². The molecule has 0 aromatic heterocycles. The highest BCUT2D eigenvalue weighted by Gasteiger charge is 2.30. The number of rotatable bonds is 4. The Bertz CT molecular complexity index is 1210. The number of anilines is 2. The largest absolute Gasteiger partial charge is 0.322 e. The summed E-state index contributed by atoms with van der Waals surface area (Å²) in [6.45, 7) is 6.81. The Morgan fingerprint density at radius 2 is 1.55 bits per heavy atom. The molecular weight excluding hydrogens is 408 g/mol. The number of nitrogens with one attached hydrogen (secondary N) is 1. The predicted octanol–water partition coefficient (Wildman–Crippen LogP) is 4.99. The third kappa shape index (κ3) is 4.21. The molecule has 0 unspecified atom stereocenters. The number of carbonyl (C=O) groups is 1. The van der Waals surface area contributed by atoms with Crippen molar-refractivity contribution in [2.75, 3.05) is 16.2 Å². The third-order valence-electron chi connectivity index (χ3n) is 5.56. The number of hydrogen-bond acceptors (Lipinski definition) is 3. The first-order valence-corrected chi connectivity index (χ1v) is 11.7. The maximum atomic E-state index is 13.1. The second-order valence-corrected chi connectivity index (χ2v) is 10.6. The lowest BCUT2D eigenvalue weighted by Gasteiger charge is -2.20. The molecule has 160 valence electrons. The first kappa shape index (κ1) is 21.1. The van der Waals surface area contributed by atoms with Crippen molar-refractivity contribution in [3.05, 3.63) is 89.5 Å². The number of fused-ring (bicyclic) bond motifs is 1. The molecular formula is C25H26N2O3S. The smallest absolute Gasteiger partial charge is 0.264 e. The quantitative estimate of drug-likeness (QED) is 0.629. The van der Waals surface area contributed by atoms with Crippen molar-refractivity contribution in [3.8, 4) is 0 Å². The highest BCUT2D eigenvalue weighted by atomic mass is 32.2. The lowest BCUT2D eigenvalue weighted by Crippen LogP contribution is -2.29. The van der Waals surface area contributed by atoms with Crippen LogP contribution >= 0.6 is 0 Å². The molecule has 3 aromatic carbocycles. The summed E-state index contributed by atoms with van der Waals surface area (Å²) in [4.78, 5) is 12.8. The summed E-state index contributed by atoms with van der Waals surface area (Å²) in [5.41, 5.74) is 4.05. The van der Waals surface area contributed by atoms with Gasteiger partial charge in [-0.1, -0.05) is 51.1 Å². The van der Waals surface area contributed by atoms with E-state index in [1.807, 2.05) is 36.4 Å². The topological polar surface area (TPSA) is 66.5 Å². The van der Waals surface area contributed by atoms with Crippen LogP contribution in [0.4, 0.5) is 11.4 Å². The summed E-state index contributed by atoms with van der Waals surface area (Å²) in [6, 6.07) is 21.4. The van der Waals surface area contributed by atoms with Gasteiger partial charge in [-0.25, -0.2) is 8.42 Å². The van der Waals surface area contributed by atoms with Crippen molar-refractivity contribution in [3.63, 3.8) is 0 Å². The zero-order valence-corrected chi connectivity index (χ0v) is 18.7. The van der Waals surface area contributed by atoms with Gasteiger partial charge in [-0.3, -0.25) is 9.10 Å². The average Bonchev–Trinajstić information content (AvgIpc) is 3.19. The van der Waals surface area contributed by atoms with E-state index in [9.17, 15) is 13.2 Å². The SMILES string of the molecule is CC(C)(C)c1ccc(C(=O)Nc2ccc(S(=O)(=O)N3CCc4ccccc43)cc2)cc1. The molecule has 0 aliphatic carbocycles. The van der Waals surface area contributed by atoms with E-state index in [-0.39, 0.29) is 16.2 Å². The zero-order valence-electron chi connectivity index (χ0n) is 17.9. The molecule has 0 spiro atoms. The molecule has 6 heteroatoms. The number of amides is 1. The van der Waals surface area contributed by atoms with Crippen LogP contribution in [0.15, 0.2) is 77.7 Å². The van der Waals surface area contributed by atoms with Crippen molar-refractivity contribution in [1.82, 2.24) is 0 Å². The van der Waals surface area contributed by atoms with E-state index < -0.39 is 10.0 Å². The number of nitrogens with zero attached hydrogens (tertiary/aromatic N) is 1. The number of hydrogen-bond donors (Lipinski definition) is 1. The molecule has 0 radical (unpaired) electrons. The van der Waals surface area contributed by atoms with E-state index in [4.69, 9.17) is 0 Å². The number of benzene rings is 3. The van der Waals surface area contributed by atoms with Crippen LogP contribution < -0.4 is 9.62 Å². The number of carbonyl (C=O) groups excluding carboxylic acids is 1. The molecule has 1 aliphatic rings. The first-order chi connectivity index (χ1) is 14.7. The Hall–Kier alpha value is -3.12. The summed E-state index contributed by atoms with van der Waals surface area (Å²) in [7, 11) is -3.65. The Labute approximate surface area is 183 Å². The number of para-hydroxylation sites is 1. The van der Waals surface area contributed by atoms with E-state index in [1.165, 1.54) is 16.4 Å². The van der Waals surface area contributed by atoms with Crippen LogP contribution in [0.5, 0.6) is 0 Å². The monoisotopic (exact) mass is 434 g/mol. The fourth-order valence-corrected chi connectivity index (χ4v) is 5.22. The van der Waals surface area contributed by atoms with Crippen LogP contribution in [0, 0.1) is 0 Å². The van der Waals surface area contributed by atoms with Gasteiger partial charge in [0.1, 0.15) is 0 Å². The van der Waals surface area contributed by atoms with Gasteiger partial charge in [0.2, 0.25) is 0 Å². The summed E-state index contributed by atoms with van der Waals surface area (Å²) < 4.78 is 27.7. The van der Waals surface area contributed by atoms with Crippen LogP contribution in [0.1, 0.15) is 42.3 Å². The van der Waals surface area contributed by atoms with E-state index in [2.05, 4.69) is 26.1 Å². The fourth-order valence-electron chi connectivity index (χ4n) is 3.72. The van der Waals surface area contributed by atoms with E-state index >= 15 is 0 Å². The highest BCUT2D eigenvalue weighted by Crippen LogP contribution is 2.33. The maximum Gasteiger partial charge on any atom is 0.264 e. The molecule has 0 bridgehead atoms. The molecule has 0 saturated heterocycles. The van der Waals surface area contributed by atoms with Gasteiger partial charge in [0.25, 0.3) is 15.9 Å². The second kappa shape index (κ2) is 7.85. The summed E-state index contributed by atoms with van der Waals surface area (Å²) in [6.07, 6.45) is 0.706. The minimum absolute atomic E-state index is 0.0200. The van der Waals surface area contributed by atoms with Crippen LogP contribution in [0.2, 0.25) is 0 Å². The van der Waals surface area contributed by atoms with Crippen LogP contribution in [0.3, 0.4) is 0 Å². The molecule has 1 amide bonds. The third-order valence-corrected chi connectivity index (χ3v) is 7.39. The Morgan fingerprint density at radius 3 is 2.19 bits per heavy atom. The van der Waals surface area contributed by atoms with Crippen LogP contribution in [0.25, 0.3) is 0 Å². The molecule has 1 heterocycles. The molecule has 3 aromatic rings. The molecule has 4 rings (SSSR count). The minimum Gasteiger partial charge on any atom is -0.322 e. The first-order valence-electron chi connectivity index (χ1n) is 10.3. The van der Waals surface area contributed by atoms with Gasteiger partial charge >= 0.3 is 0 Å². The molecule has 0 atom stereocenters. The van der Waals surface area contributed by atoms with Gasteiger partial charge < -0.3 is 5.32 Å². The highest BCUT2D eigenvalue weighted by molar-refractivity contribution is 7.92. The van der Waals surface area contributed by atoms with Crippen molar-refractivity contribution in [1.29, 1.82) is 0 Å². The molecule has 31 heavy (non-hydrogen) atoms. The minimum atomic E-state index is -3.65. The van der Waals surface area contributed by atoms with Gasteiger partial charge in [0.05, 0.1) is 10.6 Å². The predicted molar refractivity (Wildman–Crippen MR) is 124 cm³/mol. The molecule has 0 fully saturated rings. The Kier molecular flexibility index (Phi) is 5.35. The fraction of sp³-hybridized carbons (Fsp3) is 0.240. The van der Waals surface area contributed by atoms with E-state index in [0.29, 0.717) is 24.2 Å². The van der Waals surface area contributed by atoms with Crippen molar-refractivity contribution in [2.24, 2.45) is 0 Å². The van der Waals surface area contributed by atoms with Gasteiger partial charge in [-0.05, 0) is 65.4 Å². The molecule has 1 N–H and O–H groups in total. The average molecular weight is 435 g/mol. The second-order valence-electron chi connectivity index (χ2n) is 8.76. The lowest BCUT2D eigenvalue weighted by atomic mass is 9.87. The van der Waals surface area contributed by atoms with E-state index in [1.54, 1.807) is 24.3 Å². The van der Waals surface area contributed by atoms with Crippen molar-refractivity contribution in [2.45, 2.75) is 37.5 Å². The Morgan fingerprint density at radius 1 is 0.903 bits per heavy atom.